The van der Waals surface area contributed by atoms with Crippen LogP contribution in [0.5, 0.6) is 5.75 Å². The normalized spacial score (nSPS) is 15.7. The van der Waals surface area contributed by atoms with E-state index in [-0.39, 0.29) is 17.3 Å². The molecule has 4 rings (SSSR count). The van der Waals surface area contributed by atoms with Gasteiger partial charge in [0.25, 0.3) is 5.95 Å². The highest BCUT2D eigenvalue weighted by Gasteiger charge is 2.34. The van der Waals surface area contributed by atoms with Gasteiger partial charge in [0.15, 0.2) is 5.69 Å². The van der Waals surface area contributed by atoms with Crippen molar-refractivity contribution in [2.45, 2.75) is 18.9 Å². The first-order valence-corrected chi connectivity index (χ1v) is 12.0. The maximum absolute atomic E-state index is 13.6. The molecule has 1 fully saturated rings. The summed E-state index contributed by atoms with van der Waals surface area (Å²) in [5.41, 5.74) is 4.67. The van der Waals surface area contributed by atoms with E-state index in [4.69, 9.17) is 5.73 Å². The fraction of sp³-hybridized carbons (Fsp3) is 0.320. The predicted octanol–water partition coefficient (Wildman–Crippen LogP) is 4.77. The van der Waals surface area contributed by atoms with Gasteiger partial charge in [0, 0.05) is 55.7 Å². The Morgan fingerprint density at radius 3 is 2.20 bits per heavy atom. The summed E-state index contributed by atoms with van der Waals surface area (Å²) >= 11 is 0. The zero-order valence-electron chi connectivity index (χ0n) is 21.2. The van der Waals surface area contributed by atoms with E-state index in [1.165, 1.54) is 12.1 Å². The lowest BCUT2D eigenvalue weighted by molar-refractivity contribution is -0.141. The molecule has 0 radical (unpaired) electrons. The molecule has 1 aliphatic rings. The molecule has 3 aromatic rings. The predicted molar refractivity (Wildman–Crippen MR) is 138 cm³/mol. The number of nitrogens with one attached hydrogen (secondary N) is 2. The molecule has 9 nitrogen and oxygen atoms in total. The molecule has 0 bridgehead atoms. The molecule has 15 heteroatoms. The van der Waals surface area contributed by atoms with E-state index in [9.17, 15) is 31.4 Å². The Hall–Kier alpha value is -4.11. The molecule has 2 aromatic carbocycles. The number of rotatable bonds is 6. The third kappa shape index (κ3) is 7.72. The Bertz CT molecular complexity index is 1350. The Morgan fingerprint density at radius 2 is 1.57 bits per heavy atom. The number of anilines is 3. The van der Waals surface area contributed by atoms with Crippen molar-refractivity contribution in [3.63, 3.8) is 0 Å². The van der Waals surface area contributed by atoms with Crippen molar-refractivity contribution >= 4 is 29.1 Å². The zero-order chi connectivity index (χ0) is 29.1. The number of piperazine rings is 1. The van der Waals surface area contributed by atoms with Crippen LogP contribution in [0.2, 0.25) is 0 Å². The number of guanidine groups is 1. The van der Waals surface area contributed by atoms with Crippen LogP contribution in [0.25, 0.3) is 0 Å². The standard InChI is InChI=1S/C25H26F6N8O/c1-38-8-10-39(11-9-38)14-15-12-18(6-7-19(15)40)33-21-13-20(25(29,30)31)35-23(36-21)37-22(32)34-17-4-2-16(3-5-17)24(26,27)28/h2-7,12-13,40H,8-11,14H2,1H3,(H4,32,33,34,35,36,37). The van der Waals surface area contributed by atoms with Crippen LogP contribution < -0.4 is 16.4 Å². The van der Waals surface area contributed by atoms with Crippen LogP contribution in [0.1, 0.15) is 16.8 Å². The molecule has 0 aliphatic carbocycles. The van der Waals surface area contributed by atoms with Crippen molar-refractivity contribution < 1.29 is 31.4 Å². The van der Waals surface area contributed by atoms with Crippen molar-refractivity contribution in [2.75, 3.05) is 43.9 Å². The SMILES string of the molecule is CN1CCN(Cc2cc(Nc3cc(C(F)(F)F)nc(/N=C(\N)Nc4ccc(C(F)(F)F)cc4)n3)ccc2O)CC1. The average molecular weight is 569 g/mol. The summed E-state index contributed by atoms with van der Waals surface area (Å²) in [6.45, 7) is 3.81. The van der Waals surface area contributed by atoms with E-state index >= 15 is 0 Å². The van der Waals surface area contributed by atoms with Gasteiger partial charge < -0.3 is 26.4 Å². The highest BCUT2D eigenvalue weighted by atomic mass is 19.4. The molecule has 0 amide bonds. The van der Waals surface area contributed by atoms with Gasteiger partial charge >= 0.3 is 12.4 Å². The Morgan fingerprint density at radius 1 is 0.925 bits per heavy atom. The lowest BCUT2D eigenvalue weighted by Gasteiger charge is -2.32. The minimum absolute atomic E-state index is 0.0514. The van der Waals surface area contributed by atoms with Gasteiger partial charge in [0.1, 0.15) is 11.6 Å². The quantitative estimate of drug-likeness (QED) is 0.146. The van der Waals surface area contributed by atoms with Crippen molar-refractivity contribution in [3.8, 4) is 5.75 Å². The molecule has 0 unspecified atom stereocenters. The fourth-order valence-corrected chi connectivity index (χ4v) is 3.90. The van der Waals surface area contributed by atoms with E-state index in [2.05, 4.69) is 35.4 Å². The minimum atomic E-state index is -4.83. The Labute approximate surface area is 225 Å². The third-order valence-electron chi connectivity index (χ3n) is 6.05. The lowest BCUT2D eigenvalue weighted by Crippen LogP contribution is -2.43. The number of alkyl halides is 6. The first kappa shape index (κ1) is 28.9. The first-order chi connectivity index (χ1) is 18.8. The molecule has 5 N–H and O–H groups in total. The van der Waals surface area contributed by atoms with Crippen LogP contribution >= 0.6 is 0 Å². The van der Waals surface area contributed by atoms with E-state index in [1.807, 2.05) is 7.05 Å². The summed E-state index contributed by atoms with van der Waals surface area (Å²) in [6, 6.07) is 9.05. The van der Waals surface area contributed by atoms with Crippen LogP contribution in [-0.2, 0) is 18.9 Å². The minimum Gasteiger partial charge on any atom is -0.508 e. The van der Waals surface area contributed by atoms with Gasteiger partial charge in [-0.05, 0) is 49.5 Å². The smallest absolute Gasteiger partial charge is 0.433 e. The number of phenolic OH excluding ortho intramolecular Hbond substituents is 1. The van der Waals surface area contributed by atoms with Crippen molar-refractivity contribution in [2.24, 2.45) is 10.7 Å². The number of hydrogen-bond donors (Lipinski definition) is 4. The highest BCUT2D eigenvalue weighted by Crippen LogP contribution is 2.32. The second-order valence-electron chi connectivity index (χ2n) is 9.18. The van der Waals surface area contributed by atoms with Crippen LogP contribution in [0.3, 0.4) is 0 Å². The number of aliphatic imine (C=N–C) groups is 1. The maximum Gasteiger partial charge on any atom is 0.433 e. The summed E-state index contributed by atoms with van der Waals surface area (Å²) in [6.07, 6.45) is -9.36. The molecule has 0 saturated carbocycles. The van der Waals surface area contributed by atoms with E-state index in [0.29, 0.717) is 23.9 Å². The summed E-state index contributed by atoms with van der Waals surface area (Å²) < 4.78 is 79.0. The number of nitrogens with zero attached hydrogens (tertiary/aromatic N) is 5. The molecule has 2 heterocycles. The molecule has 214 valence electrons. The van der Waals surface area contributed by atoms with Crippen molar-refractivity contribution in [1.82, 2.24) is 19.8 Å². The average Bonchev–Trinajstić information content (AvgIpc) is 2.86. The Kier molecular flexibility index (Phi) is 8.34. The van der Waals surface area contributed by atoms with Gasteiger partial charge in [-0.25, -0.2) is 4.98 Å². The second kappa shape index (κ2) is 11.6. The van der Waals surface area contributed by atoms with Crippen molar-refractivity contribution in [3.05, 3.63) is 65.4 Å². The van der Waals surface area contributed by atoms with Gasteiger partial charge in [-0.15, -0.1) is 0 Å². The van der Waals surface area contributed by atoms with Gasteiger partial charge in [0.05, 0.1) is 5.56 Å². The van der Waals surface area contributed by atoms with Crippen LogP contribution in [0.15, 0.2) is 53.5 Å². The molecule has 1 aromatic heterocycles. The zero-order valence-corrected chi connectivity index (χ0v) is 21.2. The molecule has 40 heavy (non-hydrogen) atoms. The summed E-state index contributed by atoms with van der Waals surface area (Å²) in [7, 11) is 2.02. The number of halogens is 6. The van der Waals surface area contributed by atoms with Gasteiger partial charge in [0.2, 0.25) is 5.96 Å². The monoisotopic (exact) mass is 568 g/mol. The van der Waals surface area contributed by atoms with Gasteiger partial charge in [-0.2, -0.15) is 36.3 Å². The summed E-state index contributed by atoms with van der Waals surface area (Å²) in [5.74, 6) is -1.26. The fourth-order valence-electron chi connectivity index (χ4n) is 3.90. The number of aromatic nitrogens is 2. The molecule has 0 spiro atoms. The van der Waals surface area contributed by atoms with E-state index < -0.39 is 35.5 Å². The van der Waals surface area contributed by atoms with Gasteiger partial charge in [-0.1, -0.05) is 0 Å². The molecule has 1 saturated heterocycles. The lowest BCUT2D eigenvalue weighted by atomic mass is 10.1. The number of aromatic hydroxyl groups is 1. The van der Waals surface area contributed by atoms with Crippen molar-refractivity contribution in [1.29, 1.82) is 0 Å². The molecular formula is C25H26F6N8O. The van der Waals surface area contributed by atoms with Gasteiger partial charge in [-0.3, -0.25) is 4.90 Å². The van der Waals surface area contributed by atoms with E-state index in [1.54, 1.807) is 6.07 Å². The molecular weight excluding hydrogens is 542 g/mol. The molecule has 1 aliphatic heterocycles. The number of phenols is 1. The largest absolute Gasteiger partial charge is 0.508 e. The summed E-state index contributed by atoms with van der Waals surface area (Å²) in [4.78, 5) is 15.5. The second-order valence-corrected chi connectivity index (χ2v) is 9.18. The first-order valence-electron chi connectivity index (χ1n) is 12.0. The van der Waals surface area contributed by atoms with Crippen LogP contribution in [-0.4, -0.2) is 64.1 Å². The number of hydrogen-bond acceptors (Lipinski definition) is 7. The van der Waals surface area contributed by atoms with Crippen LogP contribution in [0, 0.1) is 0 Å². The Balaban J connectivity index is 1.55. The maximum atomic E-state index is 13.6. The topological polar surface area (TPSA) is 115 Å². The number of nitrogens with two attached hydrogens (primary N) is 1. The third-order valence-corrected chi connectivity index (χ3v) is 6.05. The van der Waals surface area contributed by atoms with Crippen LogP contribution in [0.4, 0.5) is 49.5 Å². The number of likely N-dealkylation sites (N-methyl/N-ethyl adjacent to an activating group) is 1. The summed E-state index contributed by atoms with van der Waals surface area (Å²) in [5, 5.41) is 15.6. The van der Waals surface area contributed by atoms with E-state index in [0.717, 1.165) is 50.4 Å². The number of benzene rings is 2. The molecule has 0 atom stereocenters. The highest BCUT2D eigenvalue weighted by molar-refractivity contribution is 5.93.